The third-order valence-electron chi connectivity index (χ3n) is 3.08. The van der Waals surface area contributed by atoms with Gasteiger partial charge in [-0.25, -0.2) is 0 Å². The molecule has 0 aromatic heterocycles. The maximum atomic E-state index is 5.94. The van der Waals surface area contributed by atoms with Crippen molar-refractivity contribution in [2.45, 2.75) is 13.5 Å². The van der Waals surface area contributed by atoms with Gasteiger partial charge in [0.15, 0.2) is 0 Å². The second-order valence-electron chi connectivity index (χ2n) is 4.83. The highest BCUT2D eigenvalue weighted by atomic mass is 127. The lowest BCUT2D eigenvalue weighted by Gasteiger charge is -2.11. The van der Waals surface area contributed by atoms with Gasteiger partial charge in [0.2, 0.25) is 0 Å². The van der Waals surface area contributed by atoms with Crippen molar-refractivity contribution < 1.29 is 9.47 Å². The summed E-state index contributed by atoms with van der Waals surface area (Å²) in [7, 11) is 1.71. The lowest BCUT2D eigenvalue weighted by atomic mass is 10.1. The van der Waals surface area contributed by atoms with E-state index in [1.807, 2.05) is 24.3 Å². The second-order valence-corrected chi connectivity index (χ2v) is 6.07. The second kappa shape index (κ2) is 8.36. The van der Waals surface area contributed by atoms with Gasteiger partial charge < -0.3 is 14.8 Å². The molecule has 0 spiro atoms. The van der Waals surface area contributed by atoms with E-state index in [2.05, 4.69) is 53.0 Å². The number of hydrogen-bond donors (Lipinski definition) is 1. The number of rotatable bonds is 7. The molecule has 0 fully saturated rings. The molecule has 0 aliphatic rings. The van der Waals surface area contributed by atoms with Crippen LogP contribution in [0.15, 0.2) is 42.5 Å². The lowest BCUT2D eigenvalue weighted by Crippen LogP contribution is -2.18. The average Bonchev–Trinajstić information content (AvgIpc) is 2.46. The molecule has 0 atom stereocenters. The zero-order valence-corrected chi connectivity index (χ0v) is 14.5. The topological polar surface area (TPSA) is 30.5 Å². The first-order valence-corrected chi connectivity index (χ1v) is 7.99. The van der Waals surface area contributed by atoms with E-state index in [1.165, 1.54) is 9.13 Å². The first kappa shape index (κ1) is 16.3. The van der Waals surface area contributed by atoms with Crippen molar-refractivity contribution in [3.63, 3.8) is 0 Å². The van der Waals surface area contributed by atoms with Crippen LogP contribution in [0.4, 0.5) is 0 Å². The third kappa shape index (κ3) is 5.30. The monoisotopic (exact) mass is 397 g/mol. The van der Waals surface area contributed by atoms with Crippen LogP contribution in [-0.2, 0) is 11.3 Å². The van der Waals surface area contributed by atoms with Crippen LogP contribution in [0.25, 0.3) is 0 Å². The van der Waals surface area contributed by atoms with E-state index in [-0.39, 0.29) is 0 Å². The van der Waals surface area contributed by atoms with E-state index in [1.54, 1.807) is 7.11 Å². The highest BCUT2D eigenvalue weighted by Gasteiger charge is 2.03. The summed E-state index contributed by atoms with van der Waals surface area (Å²) in [4.78, 5) is 0. The van der Waals surface area contributed by atoms with Gasteiger partial charge in [0.1, 0.15) is 11.5 Å². The Bertz CT molecular complexity index is 587. The molecular formula is C17H20INO2. The molecule has 0 unspecified atom stereocenters. The molecule has 2 aromatic rings. The third-order valence-corrected chi connectivity index (χ3v) is 3.75. The van der Waals surface area contributed by atoms with Crippen molar-refractivity contribution in [2.75, 3.05) is 20.3 Å². The predicted octanol–water partition coefficient (Wildman–Crippen LogP) is 4.13. The highest BCUT2D eigenvalue weighted by Crippen LogP contribution is 2.26. The molecule has 2 rings (SSSR count). The molecule has 4 heteroatoms. The molecule has 112 valence electrons. The molecule has 3 nitrogen and oxygen atoms in total. The number of nitrogens with one attached hydrogen (secondary N) is 1. The summed E-state index contributed by atoms with van der Waals surface area (Å²) in [6, 6.07) is 14.3. The van der Waals surface area contributed by atoms with Crippen LogP contribution in [0, 0.1) is 10.5 Å². The quantitative estimate of drug-likeness (QED) is 0.563. The standard InChI is InChI=1S/C17H20INO2/c1-13-10-14(12-19-8-9-20-2)6-7-17(13)21-16-5-3-4-15(18)11-16/h3-7,10-11,19H,8-9,12H2,1-2H3. The van der Waals surface area contributed by atoms with Gasteiger partial charge in [-0.05, 0) is 64.9 Å². The maximum Gasteiger partial charge on any atom is 0.130 e. The van der Waals surface area contributed by atoms with E-state index >= 15 is 0 Å². The largest absolute Gasteiger partial charge is 0.457 e. The van der Waals surface area contributed by atoms with E-state index in [0.29, 0.717) is 0 Å². The smallest absolute Gasteiger partial charge is 0.130 e. The van der Waals surface area contributed by atoms with E-state index in [9.17, 15) is 0 Å². The summed E-state index contributed by atoms with van der Waals surface area (Å²) in [5.41, 5.74) is 2.39. The van der Waals surface area contributed by atoms with Crippen molar-refractivity contribution >= 4 is 22.6 Å². The number of methoxy groups -OCH3 is 1. The fourth-order valence-electron chi connectivity index (χ4n) is 2.00. The number of ether oxygens (including phenoxy) is 2. The minimum atomic E-state index is 0.729. The predicted molar refractivity (Wildman–Crippen MR) is 94.0 cm³/mol. The molecular weight excluding hydrogens is 377 g/mol. The van der Waals surface area contributed by atoms with Gasteiger partial charge in [0, 0.05) is 23.8 Å². The number of benzene rings is 2. The Morgan fingerprint density at radius 3 is 2.71 bits per heavy atom. The van der Waals surface area contributed by atoms with E-state index in [0.717, 1.165) is 36.8 Å². The fourth-order valence-corrected chi connectivity index (χ4v) is 2.51. The van der Waals surface area contributed by atoms with Crippen LogP contribution < -0.4 is 10.1 Å². The Kier molecular flexibility index (Phi) is 6.48. The van der Waals surface area contributed by atoms with Gasteiger partial charge in [-0.2, -0.15) is 0 Å². The highest BCUT2D eigenvalue weighted by molar-refractivity contribution is 14.1. The fraction of sp³-hybridized carbons (Fsp3) is 0.294. The molecule has 0 saturated carbocycles. The number of halogens is 1. The Morgan fingerprint density at radius 1 is 1.14 bits per heavy atom. The van der Waals surface area contributed by atoms with Gasteiger partial charge >= 0.3 is 0 Å². The van der Waals surface area contributed by atoms with Gasteiger partial charge in [0.05, 0.1) is 6.61 Å². The summed E-state index contributed by atoms with van der Waals surface area (Å²) in [6.45, 7) is 4.50. The molecule has 0 aliphatic heterocycles. The zero-order valence-electron chi connectivity index (χ0n) is 12.4. The van der Waals surface area contributed by atoms with Gasteiger partial charge in [0.25, 0.3) is 0 Å². The Morgan fingerprint density at radius 2 is 2.00 bits per heavy atom. The van der Waals surface area contributed by atoms with Crippen LogP contribution >= 0.6 is 22.6 Å². The molecule has 1 N–H and O–H groups in total. The SMILES string of the molecule is COCCNCc1ccc(Oc2cccc(I)c2)c(C)c1. The molecule has 21 heavy (non-hydrogen) atoms. The Labute approximate surface area is 139 Å². The molecule has 0 heterocycles. The molecule has 0 bridgehead atoms. The minimum absolute atomic E-state index is 0.729. The van der Waals surface area contributed by atoms with Crippen molar-refractivity contribution in [2.24, 2.45) is 0 Å². The van der Waals surface area contributed by atoms with E-state index in [4.69, 9.17) is 9.47 Å². The van der Waals surface area contributed by atoms with Crippen LogP contribution in [0.1, 0.15) is 11.1 Å². The summed E-state index contributed by atoms with van der Waals surface area (Å²) >= 11 is 2.29. The van der Waals surface area contributed by atoms with Crippen LogP contribution in [0.3, 0.4) is 0 Å². The summed E-state index contributed by atoms with van der Waals surface area (Å²) in [5.74, 6) is 1.77. The van der Waals surface area contributed by atoms with Crippen LogP contribution in [0.5, 0.6) is 11.5 Å². The van der Waals surface area contributed by atoms with Crippen molar-refractivity contribution in [1.29, 1.82) is 0 Å². The maximum absolute atomic E-state index is 5.94. The van der Waals surface area contributed by atoms with Crippen LogP contribution in [-0.4, -0.2) is 20.3 Å². The lowest BCUT2D eigenvalue weighted by molar-refractivity contribution is 0.199. The van der Waals surface area contributed by atoms with Gasteiger partial charge in [-0.15, -0.1) is 0 Å². The molecule has 0 saturated heterocycles. The number of aryl methyl sites for hydroxylation is 1. The summed E-state index contributed by atoms with van der Waals surface area (Å²) < 4.78 is 12.1. The molecule has 0 aliphatic carbocycles. The minimum Gasteiger partial charge on any atom is -0.457 e. The van der Waals surface area contributed by atoms with Crippen molar-refractivity contribution in [1.82, 2.24) is 5.32 Å². The summed E-state index contributed by atoms with van der Waals surface area (Å²) in [5, 5.41) is 3.34. The zero-order chi connectivity index (χ0) is 15.1. The molecule has 0 amide bonds. The van der Waals surface area contributed by atoms with Crippen LogP contribution in [0.2, 0.25) is 0 Å². The summed E-state index contributed by atoms with van der Waals surface area (Å²) in [6.07, 6.45) is 0. The Hall–Kier alpha value is -1.11. The molecule has 2 aromatic carbocycles. The van der Waals surface area contributed by atoms with Crippen molar-refractivity contribution in [3.8, 4) is 11.5 Å². The van der Waals surface area contributed by atoms with E-state index < -0.39 is 0 Å². The first-order chi connectivity index (χ1) is 10.2. The van der Waals surface area contributed by atoms with Gasteiger partial charge in [-0.1, -0.05) is 18.2 Å². The van der Waals surface area contributed by atoms with Crippen molar-refractivity contribution in [3.05, 3.63) is 57.2 Å². The molecule has 0 radical (unpaired) electrons. The first-order valence-electron chi connectivity index (χ1n) is 6.91. The Balaban J connectivity index is 1.98. The normalized spacial score (nSPS) is 10.6. The average molecular weight is 397 g/mol. The number of hydrogen-bond acceptors (Lipinski definition) is 3. The van der Waals surface area contributed by atoms with Gasteiger partial charge in [-0.3, -0.25) is 0 Å².